The summed E-state index contributed by atoms with van der Waals surface area (Å²) in [4.78, 5) is 39.0. The van der Waals surface area contributed by atoms with E-state index < -0.39 is 17.5 Å². The lowest BCUT2D eigenvalue weighted by atomic mass is 9.86. The van der Waals surface area contributed by atoms with Gasteiger partial charge in [-0.2, -0.15) is 0 Å². The van der Waals surface area contributed by atoms with Gasteiger partial charge in [0.1, 0.15) is 24.4 Å². The van der Waals surface area contributed by atoms with Gasteiger partial charge in [-0.25, -0.2) is 4.79 Å². The zero-order valence-electron chi connectivity index (χ0n) is 18.0. The molecule has 1 heterocycles. The number of nitrogens with one attached hydrogen (secondary N) is 2. The van der Waals surface area contributed by atoms with Crippen LogP contribution in [0.2, 0.25) is 0 Å². The first kappa shape index (κ1) is 21.9. The van der Waals surface area contributed by atoms with Crippen molar-refractivity contribution < 1.29 is 19.1 Å². The molecule has 162 valence electrons. The van der Waals surface area contributed by atoms with E-state index in [1.807, 2.05) is 6.92 Å². The maximum atomic E-state index is 13.0. The molecule has 3 rings (SSSR count). The van der Waals surface area contributed by atoms with Crippen LogP contribution in [0.4, 0.5) is 4.79 Å². The van der Waals surface area contributed by atoms with Gasteiger partial charge in [0.25, 0.3) is 5.91 Å². The third-order valence-corrected chi connectivity index (χ3v) is 5.95. The van der Waals surface area contributed by atoms with Crippen molar-refractivity contribution >= 4 is 17.8 Å². The van der Waals surface area contributed by atoms with Crippen molar-refractivity contribution in [1.82, 2.24) is 15.5 Å². The molecule has 1 aliphatic carbocycles. The molecule has 30 heavy (non-hydrogen) atoms. The van der Waals surface area contributed by atoms with Crippen molar-refractivity contribution in [3.05, 3.63) is 42.0 Å². The molecule has 1 saturated carbocycles. The number of benzene rings is 1. The number of amides is 4. The maximum Gasteiger partial charge on any atom is 0.325 e. The molecule has 2 fully saturated rings. The number of carbonyl (C=O) groups is 3. The SMILES string of the molecule is C=C(C)COc1ccc(C2(C)NC(=O)N(CC(=O)NC3CCCCC3C)C2=O)cc1. The van der Waals surface area contributed by atoms with Gasteiger partial charge in [0, 0.05) is 6.04 Å². The van der Waals surface area contributed by atoms with Gasteiger partial charge in [0.05, 0.1) is 0 Å². The van der Waals surface area contributed by atoms with Crippen LogP contribution in [0.25, 0.3) is 0 Å². The molecule has 0 spiro atoms. The van der Waals surface area contributed by atoms with Crippen molar-refractivity contribution in [1.29, 1.82) is 0 Å². The first-order valence-corrected chi connectivity index (χ1v) is 10.5. The van der Waals surface area contributed by atoms with Gasteiger partial charge in [-0.15, -0.1) is 0 Å². The van der Waals surface area contributed by atoms with Crippen LogP contribution in [0.15, 0.2) is 36.4 Å². The smallest absolute Gasteiger partial charge is 0.325 e. The highest BCUT2D eigenvalue weighted by Crippen LogP contribution is 2.30. The largest absolute Gasteiger partial charge is 0.489 e. The number of carbonyl (C=O) groups excluding carboxylic acids is 3. The molecule has 2 aliphatic rings. The summed E-state index contributed by atoms with van der Waals surface area (Å²) in [5.74, 6) is 0.321. The summed E-state index contributed by atoms with van der Waals surface area (Å²) in [5.41, 5.74) is 0.315. The van der Waals surface area contributed by atoms with Crippen LogP contribution in [0.1, 0.15) is 52.0 Å². The minimum atomic E-state index is -1.22. The van der Waals surface area contributed by atoms with E-state index in [9.17, 15) is 14.4 Å². The van der Waals surface area contributed by atoms with Crippen LogP contribution < -0.4 is 15.4 Å². The lowest BCUT2D eigenvalue weighted by Gasteiger charge is -2.30. The number of hydrogen-bond acceptors (Lipinski definition) is 4. The molecular weight excluding hydrogens is 382 g/mol. The van der Waals surface area contributed by atoms with Gasteiger partial charge in [-0.3, -0.25) is 14.5 Å². The quantitative estimate of drug-likeness (QED) is 0.531. The average Bonchev–Trinajstić information content (AvgIpc) is 2.92. The molecule has 0 aromatic heterocycles. The second kappa shape index (κ2) is 8.90. The molecule has 7 heteroatoms. The van der Waals surface area contributed by atoms with Gasteiger partial charge in [0.2, 0.25) is 5.91 Å². The standard InChI is InChI=1S/C23H31N3O4/c1-15(2)14-30-18-11-9-17(10-12-18)23(4)21(28)26(22(29)25-23)13-20(27)24-19-8-6-5-7-16(19)3/h9-12,16,19H,1,5-8,13-14H2,2-4H3,(H,24,27)(H,25,29). The molecule has 3 atom stereocenters. The van der Waals surface area contributed by atoms with Crippen molar-refractivity contribution in [2.75, 3.05) is 13.2 Å². The number of nitrogens with zero attached hydrogens (tertiary/aromatic N) is 1. The molecule has 1 saturated heterocycles. The normalized spacial score (nSPS) is 26.3. The molecule has 2 N–H and O–H groups in total. The van der Waals surface area contributed by atoms with E-state index in [1.54, 1.807) is 31.2 Å². The van der Waals surface area contributed by atoms with Crippen molar-refractivity contribution in [3.63, 3.8) is 0 Å². The predicted octanol–water partition coefficient (Wildman–Crippen LogP) is 3.10. The Hall–Kier alpha value is -2.83. The van der Waals surface area contributed by atoms with E-state index in [2.05, 4.69) is 24.1 Å². The monoisotopic (exact) mass is 413 g/mol. The Bertz CT molecular complexity index is 835. The van der Waals surface area contributed by atoms with Crippen molar-refractivity contribution in [3.8, 4) is 5.75 Å². The van der Waals surface area contributed by atoms with Gasteiger partial charge < -0.3 is 15.4 Å². The second-order valence-corrected chi connectivity index (χ2v) is 8.65. The van der Waals surface area contributed by atoms with Crippen LogP contribution in [-0.2, 0) is 15.1 Å². The van der Waals surface area contributed by atoms with E-state index in [4.69, 9.17) is 4.74 Å². The Morgan fingerprint density at radius 1 is 1.27 bits per heavy atom. The molecule has 0 radical (unpaired) electrons. The van der Waals surface area contributed by atoms with E-state index in [1.165, 1.54) is 6.42 Å². The third-order valence-electron chi connectivity index (χ3n) is 5.95. The summed E-state index contributed by atoms with van der Waals surface area (Å²) in [6, 6.07) is 6.55. The molecule has 3 unspecified atom stereocenters. The molecule has 7 nitrogen and oxygen atoms in total. The first-order chi connectivity index (χ1) is 14.2. The molecule has 1 aliphatic heterocycles. The minimum absolute atomic E-state index is 0.102. The second-order valence-electron chi connectivity index (χ2n) is 8.65. The van der Waals surface area contributed by atoms with Crippen LogP contribution in [0, 0.1) is 5.92 Å². The van der Waals surface area contributed by atoms with Gasteiger partial charge in [-0.1, -0.05) is 38.5 Å². The summed E-state index contributed by atoms with van der Waals surface area (Å²) in [6.07, 6.45) is 4.28. The Balaban J connectivity index is 1.65. The van der Waals surface area contributed by atoms with Crippen molar-refractivity contribution in [2.24, 2.45) is 5.92 Å². The third kappa shape index (κ3) is 4.66. The Morgan fingerprint density at radius 3 is 2.57 bits per heavy atom. The summed E-state index contributed by atoms with van der Waals surface area (Å²) >= 11 is 0. The fourth-order valence-corrected chi connectivity index (χ4v) is 4.05. The molecule has 4 amide bonds. The Kier molecular flexibility index (Phi) is 6.48. The highest BCUT2D eigenvalue weighted by molar-refractivity contribution is 6.09. The molecular formula is C23H31N3O4. The Labute approximate surface area is 177 Å². The highest BCUT2D eigenvalue weighted by atomic mass is 16.5. The number of ether oxygens (including phenoxy) is 1. The average molecular weight is 414 g/mol. The summed E-state index contributed by atoms with van der Waals surface area (Å²) in [7, 11) is 0. The number of imide groups is 1. The lowest BCUT2D eigenvalue weighted by molar-refractivity contribution is -0.135. The number of hydrogen-bond donors (Lipinski definition) is 2. The zero-order chi connectivity index (χ0) is 21.9. The molecule has 1 aromatic rings. The first-order valence-electron chi connectivity index (χ1n) is 10.5. The van der Waals surface area contributed by atoms with E-state index in [0.29, 0.717) is 23.8 Å². The van der Waals surface area contributed by atoms with Crippen LogP contribution in [0.3, 0.4) is 0 Å². The van der Waals surface area contributed by atoms with Gasteiger partial charge in [-0.05, 0) is 55.9 Å². The summed E-state index contributed by atoms with van der Waals surface area (Å²) in [5, 5.41) is 5.73. The highest BCUT2D eigenvalue weighted by Gasteiger charge is 2.49. The number of urea groups is 1. The van der Waals surface area contributed by atoms with Crippen molar-refractivity contribution in [2.45, 2.75) is 58.0 Å². The fraction of sp³-hybridized carbons (Fsp3) is 0.522. The molecule has 0 bridgehead atoms. The Morgan fingerprint density at radius 2 is 1.93 bits per heavy atom. The van der Waals surface area contributed by atoms with Gasteiger partial charge in [0.15, 0.2) is 0 Å². The van der Waals surface area contributed by atoms with E-state index >= 15 is 0 Å². The maximum absolute atomic E-state index is 13.0. The van der Waals surface area contributed by atoms with E-state index in [0.717, 1.165) is 29.7 Å². The number of rotatable bonds is 7. The fourth-order valence-electron chi connectivity index (χ4n) is 4.05. The lowest BCUT2D eigenvalue weighted by Crippen LogP contribution is -2.47. The van der Waals surface area contributed by atoms with Crippen LogP contribution >= 0.6 is 0 Å². The summed E-state index contributed by atoms with van der Waals surface area (Å²) in [6.45, 7) is 9.59. The van der Waals surface area contributed by atoms with E-state index in [-0.39, 0.29) is 18.5 Å². The van der Waals surface area contributed by atoms with Crippen LogP contribution in [-0.4, -0.2) is 41.9 Å². The van der Waals surface area contributed by atoms with Crippen LogP contribution in [0.5, 0.6) is 5.75 Å². The minimum Gasteiger partial charge on any atom is -0.489 e. The summed E-state index contributed by atoms with van der Waals surface area (Å²) < 4.78 is 5.59. The van der Waals surface area contributed by atoms with Gasteiger partial charge >= 0.3 is 6.03 Å². The zero-order valence-corrected chi connectivity index (χ0v) is 18.0. The molecule has 1 aromatic carbocycles. The topological polar surface area (TPSA) is 87.7 Å². The predicted molar refractivity (Wildman–Crippen MR) is 114 cm³/mol.